The van der Waals surface area contributed by atoms with Crippen LogP contribution < -0.4 is 0 Å². The fraction of sp³-hybridized carbons (Fsp3) is 0.333. The lowest BCUT2D eigenvalue weighted by Crippen LogP contribution is -2.12. The highest BCUT2D eigenvalue weighted by Crippen LogP contribution is 2.29. The zero-order chi connectivity index (χ0) is 11.1. The van der Waals surface area contributed by atoms with E-state index in [1.807, 2.05) is 18.2 Å². The summed E-state index contributed by atoms with van der Waals surface area (Å²) >= 11 is 0. The first-order valence-corrected chi connectivity index (χ1v) is 4.97. The van der Waals surface area contributed by atoms with Crippen molar-refractivity contribution in [1.29, 1.82) is 0 Å². The molecule has 1 aromatic carbocycles. The van der Waals surface area contributed by atoms with Crippen LogP contribution in [0.4, 0.5) is 0 Å². The van der Waals surface area contributed by atoms with Gasteiger partial charge in [-0.2, -0.15) is 5.10 Å². The third-order valence-corrected chi connectivity index (χ3v) is 2.49. The van der Waals surface area contributed by atoms with E-state index >= 15 is 0 Å². The number of carbonyl (C=O) groups is 1. The van der Waals surface area contributed by atoms with E-state index in [-0.39, 0.29) is 5.41 Å². The predicted octanol–water partition coefficient (Wildman–Crippen LogP) is 2.67. The molecule has 0 unspecified atom stereocenters. The van der Waals surface area contributed by atoms with Crippen molar-refractivity contribution in [2.75, 3.05) is 0 Å². The summed E-state index contributed by atoms with van der Waals surface area (Å²) < 4.78 is 0. The smallest absolute Gasteiger partial charge is 0.150 e. The van der Waals surface area contributed by atoms with E-state index in [1.54, 1.807) is 0 Å². The summed E-state index contributed by atoms with van der Waals surface area (Å²) in [4.78, 5) is 11.0. The van der Waals surface area contributed by atoms with Crippen LogP contribution in [0.2, 0.25) is 0 Å². The number of aromatic amines is 1. The van der Waals surface area contributed by atoms with Crippen LogP contribution in [0.5, 0.6) is 0 Å². The number of fused-ring (bicyclic) bond motifs is 1. The number of hydrogen-bond acceptors (Lipinski definition) is 2. The second-order valence-electron chi connectivity index (χ2n) is 4.71. The normalized spacial score (nSPS) is 11.9. The van der Waals surface area contributed by atoms with E-state index in [0.717, 1.165) is 22.9 Å². The molecule has 0 aliphatic rings. The Morgan fingerprint density at radius 1 is 1.33 bits per heavy atom. The third kappa shape index (κ3) is 1.54. The largest absolute Gasteiger partial charge is 0.298 e. The van der Waals surface area contributed by atoms with E-state index in [4.69, 9.17) is 0 Å². The van der Waals surface area contributed by atoms with Gasteiger partial charge in [-0.3, -0.25) is 9.89 Å². The van der Waals surface area contributed by atoms with E-state index in [2.05, 4.69) is 31.0 Å². The summed E-state index contributed by atoms with van der Waals surface area (Å²) in [5.74, 6) is 0. The van der Waals surface area contributed by atoms with Gasteiger partial charge in [0, 0.05) is 22.1 Å². The summed E-state index contributed by atoms with van der Waals surface area (Å²) in [6, 6.07) is 5.58. The van der Waals surface area contributed by atoms with Gasteiger partial charge in [0.2, 0.25) is 0 Å². The van der Waals surface area contributed by atoms with Gasteiger partial charge in [0.15, 0.2) is 6.29 Å². The molecule has 1 heterocycles. The predicted molar refractivity (Wildman–Crippen MR) is 60.2 cm³/mol. The van der Waals surface area contributed by atoms with Crippen LogP contribution >= 0.6 is 0 Å². The standard InChI is InChI=1S/C12H14N2O/c1-12(2,3)11-10-8(7-15)5-4-6-9(10)13-14-11/h4-7H,1-3H3,(H,13,14). The number of rotatable bonds is 1. The van der Waals surface area contributed by atoms with Crippen molar-refractivity contribution in [2.24, 2.45) is 0 Å². The Morgan fingerprint density at radius 2 is 2.07 bits per heavy atom. The van der Waals surface area contributed by atoms with E-state index < -0.39 is 0 Å². The van der Waals surface area contributed by atoms with Gasteiger partial charge < -0.3 is 0 Å². The molecule has 2 aromatic rings. The lowest BCUT2D eigenvalue weighted by Gasteiger charge is -2.16. The molecule has 3 nitrogen and oxygen atoms in total. The molecular weight excluding hydrogens is 188 g/mol. The molecule has 0 saturated heterocycles. The van der Waals surface area contributed by atoms with Crippen LogP contribution in [0, 0.1) is 0 Å². The van der Waals surface area contributed by atoms with Crippen LogP contribution in [-0.2, 0) is 5.41 Å². The fourth-order valence-electron chi connectivity index (χ4n) is 1.74. The molecular formula is C12H14N2O. The lowest BCUT2D eigenvalue weighted by atomic mass is 9.89. The Hall–Kier alpha value is -1.64. The molecule has 1 N–H and O–H groups in total. The topological polar surface area (TPSA) is 45.8 Å². The van der Waals surface area contributed by atoms with Gasteiger partial charge in [-0.25, -0.2) is 0 Å². The second kappa shape index (κ2) is 3.19. The van der Waals surface area contributed by atoms with Crippen molar-refractivity contribution in [3.05, 3.63) is 29.5 Å². The van der Waals surface area contributed by atoms with Gasteiger partial charge in [0.1, 0.15) is 0 Å². The highest BCUT2D eigenvalue weighted by molar-refractivity contribution is 5.98. The molecule has 0 atom stereocenters. The van der Waals surface area contributed by atoms with Gasteiger partial charge >= 0.3 is 0 Å². The Kier molecular flexibility index (Phi) is 2.11. The van der Waals surface area contributed by atoms with Gasteiger partial charge in [0.05, 0.1) is 5.52 Å². The lowest BCUT2D eigenvalue weighted by molar-refractivity contribution is 0.112. The number of aromatic nitrogens is 2. The SMILES string of the molecule is CC(C)(C)c1[nH]nc2cccc(C=O)c12. The van der Waals surface area contributed by atoms with Crippen LogP contribution in [0.3, 0.4) is 0 Å². The van der Waals surface area contributed by atoms with Gasteiger partial charge in [-0.1, -0.05) is 32.9 Å². The molecule has 3 heteroatoms. The molecule has 15 heavy (non-hydrogen) atoms. The number of hydrogen-bond donors (Lipinski definition) is 1. The van der Waals surface area contributed by atoms with Crippen molar-refractivity contribution in [1.82, 2.24) is 10.2 Å². The van der Waals surface area contributed by atoms with Crippen molar-refractivity contribution < 1.29 is 4.79 Å². The first-order chi connectivity index (χ1) is 7.04. The average Bonchev–Trinajstić information content (AvgIpc) is 2.59. The highest BCUT2D eigenvalue weighted by atomic mass is 16.1. The van der Waals surface area contributed by atoms with Crippen LogP contribution in [0.25, 0.3) is 10.9 Å². The molecule has 1 aromatic heterocycles. The van der Waals surface area contributed by atoms with Crippen LogP contribution in [0.1, 0.15) is 36.8 Å². The maximum Gasteiger partial charge on any atom is 0.150 e. The van der Waals surface area contributed by atoms with E-state index in [0.29, 0.717) is 5.56 Å². The maximum absolute atomic E-state index is 11.0. The Labute approximate surface area is 88.5 Å². The maximum atomic E-state index is 11.0. The van der Waals surface area contributed by atoms with Gasteiger partial charge in [-0.15, -0.1) is 0 Å². The Balaban J connectivity index is 2.83. The Morgan fingerprint density at radius 3 is 2.67 bits per heavy atom. The zero-order valence-corrected chi connectivity index (χ0v) is 9.16. The molecule has 0 fully saturated rings. The fourth-order valence-corrected chi connectivity index (χ4v) is 1.74. The van der Waals surface area contributed by atoms with Crippen molar-refractivity contribution in [3.63, 3.8) is 0 Å². The minimum absolute atomic E-state index is 0.0339. The summed E-state index contributed by atoms with van der Waals surface area (Å²) in [5.41, 5.74) is 2.53. The first-order valence-electron chi connectivity index (χ1n) is 4.97. The van der Waals surface area contributed by atoms with Crippen molar-refractivity contribution in [2.45, 2.75) is 26.2 Å². The van der Waals surface area contributed by atoms with Crippen LogP contribution in [0.15, 0.2) is 18.2 Å². The molecule has 0 aliphatic carbocycles. The zero-order valence-electron chi connectivity index (χ0n) is 9.16. The summed E-state index contributed by atoms with van der Waals surface area (Å²) in [6.45, 7) is 6.30. The van der Waals surface area contributed by atoms with E-state index in [9.17, 15) is 4.79 Å². The highest BCUT2D eigenvalue weighted by Gasteiger charge is 2.21. The number of H-pyrrole nitrogens is 1. The number of benzene rings is 1. The molecule has 0 radical (unpaired) electrons. The van der Waals surface area contributed by atoms with Gasteiger partial charge in [0.25, 0.3) is 0 Å². The average molecular weight is 202 g/mol. The molecule has 0 aliphatic heterocycles. The molecule has 78 valence electrons. The minimum atomic E-state index is -0.0339. The molecule has 0 spiro atoms. The minimum Gasteiger partial charge on any atom is -0.298 e. The molecule has 0 saturated carbocycles. The monoisotopic (exact) mass is 202 g/mol. The Bertz CT molecular complexity index is 506. The second-order valence-corrected chi connectivity index (χ2v) is 4.71. The molecule has 0 amide bonds. The number of carbonyl (C=O) groups excluding carboxylic acids is 1. The van der Waals surface area contributed by atoms with E-state index in [1.165, 1.54) is 0 Å². The first kappa shape index (κ1) is 9.90. The quantitative estimate of drug-likeness (QED) is 0.722. The van der Waals surface area contributed by atoms with Gasteiger partial charge in [-0.05, 0) is 6.07 Å². The van der Waals surface area contributed by atoms with Crippen molar-refractivity contribution >= 4 is 17.2 Å². The van der Waals surface area contributed by atoms with Crippen LogP contribution in [-0.4, -0.2) is 16.5 Å². The molecule has 0 bridgehead atoms. The summed E-state index contributed by atoms with van der Waals surface area (Å²) in [7, 11) is 0. The molecule has 2 rings (SSSR count). The third-order valence-electron chi connectivity index (χ3n) is 2.49. The number of nitrogens with one attached hydrogen (secondary N) is 1. The summed E-state index contributed by atoms with van der Waals surface area (Å²) in [6.07, 6.45) is 0.882. The van der Waals surface area contributed by atoms with Crippen molar-refractivity contribution in [3.8, 4) is 0 Å². The number of nitrogens with zero attached hydrogens (tertiary/aromatic N) is 1. The summed E-state index contributed by atoms with van der Waals surface area (Å²) in [5, 5.41) is 8.17. The number of aldehydes is 1.